The second-order valence-electron chi connectivity index (χ2n) is 4.64. The molecule has 0 saturated heterocycles. The topological polar surface area (TPSA) is 66.5 Å². The summed E-state index contributed by atoms with van der Waals surface area (Å²) >= 11 is 0. The fraction of sp³-hybridized carbons (Fsp3) is 0.133. The lowest BCUT2D eigenvalue weighted by Crippen LogP contribution is -2.43. The van der Waals surface area contributed by atoms with Crippen LogP contribution in [0.5, 0.6) is 0 Å². The maximum atomic E-state index is 12.2. The zero-order chi connectivity index (χ0) is 15.5. The van der Waals surface area contributed by atoms with Gasteiger partial charge in [0.05, 0.1) is 4.90 Å². The highest BCUT2D eigenvalue weighted by molar-refractivity contribution is 7.89. The van der Waals surface area contributed by atoms with Crippen LogP contribution in [0.4, 0.5) is 0 Å². The first kappa shape index (κ1) is 15.2. The zero-order valence-electron chi connectivity index (χ0n) is 11.8. The highest BCUT2D eigenvalue weighted by Gasteiger charge is 2.20. The molecule has 0 atom stereocenters. The van der Waals surface area contributed by atoms with Crippen LogP contribution in [0.15, 0.2) is 59.5 Å². The summed E-state index contributed by atoms with van der Waals surface area (Å²) in [6, 6.07) is 14.9. The number of benzene rings is 2. The van der Waals surface area contributed by atoms with E-state index in [9.17, 15) is 13.2 Å². The van der Waals surface area contributed by atoms with Crippen molar-refractivity contribution < 1.29 is 13.2 Å². The molecule has 0 saturated carbocycles. The van der Waals surface area contributed by atoms with Crippen molar-refractivity contribution in [2.75, 3.05) is 7.05 Å². The maximum absolute atomic E-state index is 12.2. The SMILES string of the molecule is Cc1ccc(S(=O)(=O)NN(C)C(=O)c2ccccc2)cc1. The van der Waals surface area contributed by atoms with Gasteiger partial charge in [0.1, 0.15) is 0 Å². The summed E-state index contributed by atoms with van der Waals surface area (Å²) in [7, 11) is -2.40. The predicted molar refractivity (Wildman–Crippen MR) is 80.0 cm³/mol. The summed E-state index contributed by atoms with van der Waals surface area (Å²) in [6.45, 7) is 1.87. The second-order valence-corrected chi connectivity index (χ2v) is 6.30. The molecule has 0 unspecified atom stereocenters. The monoisotopic (exact) mass is 304 g/mol. The molecule has 0 aliphatic rings. The van der Waals surface area contributed by atoms with Crippen LogP contribution in [0.25, 0.3) is 0 Å². The van der Waals surface area contributed by atoms with E-state index in [-0.39, 0.29) is 4.90 Å². The van der Waals surface area contributed by atoms with Gasteiger partial charge in [0.2, 0.25) is 0 Å². The second kappa shape index (κ2) is 6.07. The minimum absolute atomic E-state index is 0.112. The summed E-state index contributed by atoms with van der Waals surface area (Å²) in [5.41, 5.74) is 1.37. The van der Waals surface area contributed by atoms with Crippen molar-refractivity contribution in [2.45, 2.75) is 11.8 Å². The van der Waals surface area contributed by atoms with Gasteiger partial charge in [0.25, 0.3) is 15.9 Å². The third-order valence-corrected chi connectivity index (χ3v) is 4.32. The lowest BCUT2D eigenvalue weighted by atomic mass is 10.2. The smallest absolute Gasteiger partial charge is 0.268 e. The molecular weight excluding hydrogens is 288 g/mol. The highest BCUT2D eigenvalue weighted by atomic mass is 32.2. The van der Waals surface area contributed by atoms with Gasteiger partial charge in [-0.3, -0.25) is 9.80 Å². The van der Waals surface area contributed by atoms with Crippen molar-refractivity contribution in [3.8, 4) is 0 Å². The van der Waals surface area contributed by atoms with Crippen LogP contribution in [0.3, 0.4) is 0 Å². The number of carbonyl (C=O) groups excluding carboxylic acids is 1. The van der Waals surface area contributed by atoms with Crippen LogP contribution >= 0.6 is 0 Å². The van der Waals surface area contributed by atoms with Crippen molar-refractivity contribution >= 4 is 15.9 Å². The fourth-order valence-corrected chi connectivity index (χ4v) is 2.81. The van der Waals surface area contributed by atoms with Crippen molar-refractivity contribution in [3.63, 3.8) is 0 Å². The Bertz CT molecular complexity index is 725. The number of rotatable bonds is 4. The molecule has 0 aromatic heterocycles. The summed E-state index contributed by atoms with van der Waals surface area (Å²) in [5.74, 6) is -0.425. The van der Waals surface area contributed by atoms with Gasteiger partial charge in [0.15, 0.2) is 0 Å². The first-order valence-electron chi connectivity index (χ1n) is 6.32. The van der Waals surface area contributed by atoms with E-state index in [0.717, 1.165) is 10.6 Å². The molecule has 0 radical (unpaired) electrons. The molecule has 2 aromatic rings. The van der Waals surface area contributed by atoms with E-state index in [4.69, 9.17) is 0 Å². The van der Waals surface area contributed by atoms with Crippen LogP contribution in [0, 0.1) is 6.92 Å². The standard InChI is InChI=1S/C15H16N2O3S/c1-12-8-10-14(11-9-12)21(19,20)16-17(2)15(18)13-6-4-3-5-7-13/h3-11,16H,1-2H3. The molecule has 2 aromatic carbocycles. The first-order valence-corrected chi connectivity index (χ1v) is 7.81. The molecule has 0 aliphatic carbocycles. The minimum atomic E-state index is -3.77. The van der Waals surface area contributed by atoms with Gasteiger partial charge in [-0.15, -0.1) is 4.83 Å². The number of hydrogen-bond donors (Lipinski definition) is 1. The van der Waals surface area contributed by atoms with E-state index >= 15 is 0 Å². The van der Waals surface area contributed by atoms with E-state index in [0.29, 0.717) is 5.56 Å². The highest BCUT2D eigenvalue weighted by Crippen LogP contribution is 2.11. The van der Waals surface area contributed by atoms with Crippen LogP contribution in [-0.2, 0) is 10.0 Å². The predicted octanol–water partition coefficient (Wildman–Crippen LogP) is 1.96. The molecule has 0 heterocycles. The average Bonchev–Trinajstić information content (AvgIpc) is 2.47. The number of aryl methyl sites for hydroxylation is 1. The minimum Gasteiger partial charge on any atom is -0.268 e. The van der Waals surface area contributed by atoms with Crippen molar-refractivity contribution in [2.24, 2.45) is 0 Å². The molecule has 1 N–H and O–H groups in total. The van der Waals surface area contributed by atoms with Gasteiger partial charge in [-0.2, -0.15) is 0 Å². The Labute approximate surface area is 124 Å². The molecule has 5 nitrogen and oxygen atoms in total. The zero-order valence-corrected chi connectivity index (χ0v) is 12.6. The third kappa shape index (κ3) is 3.68. The number of hydrogen-bond acceptors (Lipinski definition) is 3. The normalized spacial score (nSPS) is 11.1. The molecule has 110 valence electrons. The number of sulfonamides is 1. The number of nitrogens with one attached hydrogen (secondary N) is 1. The van der Waals surface area contributed by atoms with Gasteiger partial charge < -0.3 is 0 Å². The Morgan fingerprint density at radius 3 is 2.14 bits per heavy atom. The summed E-state index contributed by atoms with van der Waals surface area (Å²) in [4.78, 5) is 14.5. The fourth-order valence-electron chi connectivity index (χ4n) is 1.77. The lowest BCUT2D eigenvalue weighted by Gasteiger charge is -2.18. The van der Waals surface area contributed by atoms with Gasteiger partial charge in [0, 0.05) is 12.6 Å². The Balaban J connectivity index is 2.17. The molecule has 0 bridgehead atoms. The van der Waals surface area contributed by atoms with E-state index in [1.807, 2.05) is 6.92 Å². The molecule has 21 heavy (non-hydrogen) atoms. The summed E-state index contributed by atoms with van der Waals surface area (Å²) in [5, 5.41) is 0.963. The van der Waals surface area contributed by atoms with E-state index in [1.165, 1.54) is 19.2 Å². The summed E-state index contributed by atoms with van der Waals surface area (Å²) in [6.07, 6.45) is 0. The lowest BCUT2D eigenvalue weighted by molar-refractivity contribution is 0.0764. The number of hydrazine groups is 1. The van der Waals surface area contributed by atoms with Gasteiger partial charge in [-0.25, -0.2) is 8.42 Å². The Morgan fingerprint density at radius 2 is 1.57 bits per heavy atom. The molecule has 0 fully saturated rings. The van der Waals surface area contributed by atoms with Gasteiger partial charge in [-0.1, -0.05) is 35.9 Å². The van der Waals surface area contributed by atoms with Crippen molar-refractivity contribution in [3.05, 3.63) is 65.7 Å². The number of carbonyl (C=O) groups is 1. The quantitative estimate of drug-likeness (QED) is 0.878. The first-order chi connectivity index (χ1) is 9.90. The van der Waals surface area contributed by atoms with Crippen molar-refractivity contribution in [1.82, 2.24) is 9.84 Å². The molecule has 0 spiro atoms. The van der Waals surface area contributed by atoms with Crippen LogP contribution in [0.1, 0.15) is 15.9 Å². The average molecular weight is 304 g/mol. The van der Waals surface area contributed by atoms with Crippen molar-refractivity contribution in [1.29, 1.82) is 0 Å². The number of amides is 1. The van der Waals surface area contributed by atoms with Crippen LogP contribution in [-0.4, -0.2) is 26.4 Å². The number of nitrogens with zero attached hydrogens (tertiary/aromatic N) is 1. The molecule has 6 heteroatoms. The van der Waals surface area contributed by atoms with Crippen LogP contribution < -0.4 is 4.83 Å². The molecule has 1 amide bonds. The Morgan fingerprint density at radius 1 is 1.00 bits per heavy atom. The van der Waals surface area contributed by atoms with Gasteiger partial charge >= 0.3 is 0 Å². The van der Waals surface area contributed by atoms with E-state index in [2.05, 4.69) is 4.83 Å². The summed E-state index contributed by atoms with van der Waals surface area (Å²) < 4.78 is 24.4. The maximum Gasteiger partial charge on any atom is 0.268 e. The molecule has 0 aliphatic heterocycles. The van der Waals surface area contributed by atoms with Crippen LogP contribution in [0.2, 0.25) is 0 Å². The Hall–Kier alpha value is -2.18. The van der Waals surface area contributed by atoms with E-state index in [1.54, 1.807) is 42.5 Å². The largest absolute Gasteiger partial charge is 0.268 e. The van der Waals surface area contributed by atoms with E-state index < -0.39 is 15.9 Å². The molecular formula is C15H16N2O3S. The third-order valence-electron chi connectivity index (χ3n) is 2.91. The Kier molecular flexibility index (Phi) is 4.40. The molecule has 2 rings (SSSR count). The van der Waals surface area contributed by atoms with Gasteiger partial charge in [-0.05, 0) is 31.2 Å².